The molecule has 22 heteroatoms. The van der Waals surface area contributed by atoms with Gasteiger partial charge in [0.05, 0.1) is 42.9 Å². The highest BCUT2D eigenvalue weighted by molar-refractivity contribution is 8.00. The lowest BCUT2D eigenvalue weighted by Crippen LogP contribution is -2.53. The van der Waals surface area contributed by atoms with Gasteiger partial charge in [-0.1, -0.05) is 42.3 Å². The maximum Gasteiger partial charge on any atom is 0.336 e. The number of benzene rings is 1. The largest absolute Gasteiger partial charge is 0.495 e. The molecule has 0 aromatic heterocycles. The number of anilines is 1. The minimum absolute atomic E-state index is 0.00121. The molecule has 1 aromatic carbocycles. The molecule has 0 radical (unpaired) electrons. The van der Waals surface area contributed by atoms with Gasteiger partial charge in [-0.3, -0.25) is 38.5 Å². The number of likely N-dealkylation sites (tertiary alicyclic amines) is 1. The maximum atomic E-state index is 14.4. The standard InChI is InChI=1S/C52H67ClN4O16S/c1-28-10-9-11-38(69-8)52(67)25-36(70-45(63)26-52)29(2)47-51(4,72-47)39(24-43(61)55(6)34-21-32(20-28)22-35(68-7)46(34)53)71-49(65)30(3)54(5)40(58)18-19-74-37-23-44(62)56(48(37)64)27-31-12-14-33(15-13-31)50(66)73-57-41(59)16-17-42(57)60/h9-11,21-22,29-31,33,36-39,47,67H,12-20,23-27H2,1-8H3/b11-9+,28-10+/t29-,30+,31?,33?,36+,37-,38-,39+,47+,51+,52-/m1/s1. The van der Waals surface area contributed by atoms with Gasteiger partial charge < -0.3 is 43.4 Å². The Bertz CT molecular complexity index is 2460. The zero-order valence-corrected chi connectivity index (χ0v) is 44.7. The second-order valence-electron chi connectivity index (χ2n) is 20.6. The van der Waals surface area contributed by atoms with Crippen LogP contribution in [0.4, 0.5) is 5.69 Å². The van der Waals surface area contributed by atoms with E-state index in [1.165, 1.54) is 54.7 Å². The van der Waals surface area contributed by atoms with Crippen molar-refractivity contribution < 1.29 is 76.8 Å². The fourth-order valence-corrected chi connectivity index (χ4v) is 12.0. The van der Waals surface area contributed by atoms with E-state index in [1.807, 2.05) is 13.0 Å². The van der Waals surface area contributed by atoms with Gasteiger partial charge in [0.2, 0.25) is 23.6 Å². The number of hydrogen-bond donors (Lipinski definition) is 1. The molecule has 1 saturated carbocycles. The van der Waals surface area contributed by atoms with E-state index in [-0.39, 0.29) is 80.0 Å². The number of hydrogen-bond acceptors (Lipinski definition) is 17. The van der Waals surface area contributed by atoms with Gasteiger partial charge in [-0.2, -0.15) is 0 Å². The Morgan fingerprint density at radius 3 is 2.35 bits per heavy atom. The molecule has 5 fully saturated rings. The van der Waals surface area contributed by atoms with E-state index in [4.69, 9.17) is 40.1 Å². The average molecular weight is 1070 g/mol. The molecule has 0 spiro atoms. The molecule has 4 saturated heterocycles. The third-order valence-corrected chi connectivity index (χ3v) is 17.0. The Morgan fingerprint density at radius 2 is 1.69 bits per heavy atom. The van der Waals surface area contributed by atoms with Crippen molar-refractivity contribution in [3.8, 4) is 5.75 Å². The Kier molecular flexibility index (Phi) is 17.7. The molecule has 5 heterocycles. The van der Waals surface area contributed by atoms with Crippen molar-refractivity contribution in [3.05, 3.63) is 46.5 Å². The highest BCUT2D eigenvalue weighted by atomic mass is 35.5. The first-order valence-corrected chi connectivity index (χ1v) is 26.5. The summed E-state index contributed by atoms with van der Waals surface area (Å²) in [5.41, 5.74) is -0.914. The van der Waals surface area contributed by atoms with Crippen LogP contribution in [-0.2, 0) is 73.4 Å². The Balaban J connectivity index is 0.986. The van der Waals surface area contributed by atoms with Crippen molar-refractivity contribution in [2.24, 2.45) is 17.8 Å². The number of thioether (sulfide) groups is 1. The second kappa shape index (κ2) is 23.3. The van der Waals surface area contributed by atoms with Gasteiger partial charge in [0, 0.05) is 71.5 Å². The summed E-state index contributed by atoms with van der Waals surface area (Å²) in [5.74, 6) is -5.47. The minimum atomic E-state index is -1.64. The number of imide groups is 2. The number of carbonyl (C=O) groups is 9. The molecule has 404 valence electrons. The molecule has 74 heavy (non-hydrogen) atoms. The first kappa shape index (κ1) is 56.4. The predicted molar refractivity (Wildman–Crippen MR) is 267 cm³/mol. The van der Waals surface area contributed by atoms with Crippen molar-refractivity contribution >= 4 is 82.4 Å². The highest BCUT2D eigenvalue weighted by Crippen LogP contribution is 2.50. The smallest absolute Gasteiger partial charge is 0.336 e. The van der Waals surface area contributed by atoms with Gasteiger partial charge >= 0.3 is 17.9 Å². The molecule has 7 rings (SSSR count). The van der Waals surface area contributed by atoms with Crippen LogP contribution >= 0.6 is 23.4 Å². The topological polar surface area (TPSA) is 245 Å². The molecule has 0 unspecified atom stereocenters. The molecule has 20 nitrogen and oxygen atoms in total. The summed E-state index contributed by atoms with van der Waals surface area (Å²) in [6.07, 6.45) is 3.11. The Labute approximate surface area is 439 Å². The Hall–Kier alpha value is -5.35. The van der Waals surface area contributed by atoms with Crippen molar-refractivity contribution in [2.75, 3.05) is 45.5 Å². The number of nitrogens with zero attached hydrogens (tertiary/aromatic N) is 4. The van der Waals surface area contributed by atoms with Gasteiger partial charge in [0.1, 0.15) is 46.3 Å². The number of carbonyl (C=O) groups excluding carboxylic acids is 9. The van der Waals surface area contributed by atoms with Crippen LogP contribution in [0, 0.1) is 17.8 Å². The normalized spacial score (nSPS) is 32.3. The van der Waals surface area contributed by atoms with Crippen molar-refractivity contribution in [1.29, 1.82) is 0 Å². The fraction of sp³-hybridized carbons (Fsp3) is 0.635. The monoisotopic (exact) mass is 1070 g/mol. The van der Waals surface area contributed by atoms with Gasteiger partial charge in [-0.25, -0.2) is 9.59 Å². The van der Waals surface area contributed by atoms with Crippen molar-refractivity contribution in [2.45, 2.75) is 152 Å². The fourth-order valence-electron chi connectivity index (χ4n) is 10.6. The number of ether oxygens (including phenoxy) is 5. The number of allylic oxidation sites excluding steroid dienone is 3. The van der Waals surface area contributed by atoms with Crippen molar-refractivity contribution in [3.63, 3.8) is 0 Å². The zero-order chi connectivity index (χ0) is 54.0. The number of rotatable bonds is 13. The van der Waals surface area contributed by atoms with Crippen molar-refractivity contribution in [1.82, 2.24) is 14.9 Å². The first-order valence-electron chi connectivity index (χ1n) is 25.1. The number of fused-ring (bicyclic) bond motifs is 5. The number of hydroxylamine groups is 2. The van der Waals surface area contributed by atoms with Gasteiger partial charge in [0.25, 0.3) is 11.8 Å². The maximum absolute atomic E-state index is 14.4. The lowest BCUT2D eigenvalue weighted by atomic mass is 9.78. The number of aliphatic hydroxyl groups is 1. The molecule has 1 aromatic rings. The molecule has 5 aliphatic heterocycles. The van der Waals surface area contributed by atoms with Gasteiger partial charge in [-0.15, -0.1) is 16.8 Å². The number of esters is 2. The number of halogens is 1. The van der Waals surface area contributed by atoms with Crippen LogP contribution in [0.2, 0.25) is 5.02 Å². The molecule has 6 amide bonds. The highest BCUT2D eigenvalue weighted by Gasteiger charge is 2.64. The van der Waals surface area contributed by atoms with Crippen LogP contribution in [0.15, 0.2) is 35.9 Å². The van der Waals surface area contributed by atoms with Crippen LogP contribution in [0.25, 0.3) is 0 Å². The van der Waals surface area contributed by atoms with Gasteiger partial charge in [-0.05, 0) is 76.5 Å². The molecule has 9 atom stereocenters. The predicted octanol–water partition coefficient (Wildman–Crippen LogP) is 4.43. The molecular formula is C52H67ClN4O16S. The third kappa shape index (κ3) is 12.3. The third-order valence-electron chi connectivity index (χ3n) is 15.4. The summed E-state index contributed by atoms with van der Waals surface area (Å²) >= 11 is 7.99. The molecular weight excluding hydrogens is 1000 g/mol. The number of amides is 6. The van der Waals surface area contributed by atoms with Crippen LogP contribution in [0.1, 0.15) is 104 Å². The summed E-state index contributed by atoms with van der Waals surface area (Å²) in [4.78, 5) is 127. The lowest BCUT2D eigenvalue weighted by molar-refractivity contribution is -0.201. The van der Waals surface area contributed by atoms with E-state index in [0.29, 0.717) is 48.6 Å². The summed E-state index contributed by atoms with van der Waals surface area (Å²) in [6.45, 7) is 7.06. The summed E-state index contributed by atoms with van der Waals surface area (Å²) in [6, 6.07) is 2.39. The number of methoxy groups -OCH3 is 2. The van der Waals surface area contributed by atoms with Crippen LogP contribution < -0.4 is 9.64 Å². The number of likely N-dealkylation sites (N-methyl/N-ethyl adjacent to an activating group) is 1. The van der Waals surface area contributed by atoms with E-state index >= 15 is 0 Å². The molecule has 4 bridgehead atoms. The van der Waals surface area contributed by atoms with E-state index in [2.05, 4.69) is 0 Å². The molecule has 1 N–H and O–H groups in total. The quantitative estimate of drug-likeness (QED) is 0.163. The summed E-state index contributed by atoms with van der Waals surface area (Å²) in [5, 5.41) is 12.0. The zero-order valence-electron chi connectivity index (χ0n) is 43.1. The molecule has 1 aliphatic carbocycles. The SMILES string of the molecule is COc1cc2cc(c1Cl)N(C)C(=O)C[C@H](OC(=O)[C@H](C)N(C)C(=O)CCS[C@@H]1CC(=O)N(CC3CCC(C(=O)ON4C(=O)CCC4=O)CC3)C1=O)[C@]1(C)O[C@H]1[C@H](C)[C@@H]1C[C@@](O)(CC(=O)O1)[C@H](OC)/C=C/C=C(\C)C2. The number of epoxide rings is 1. The van der Waals surface area contributed by atoms with E-state index in [9.17, 15) is 48.3 Å². The molecule has 6 aliphatic rings. The van der Waals surface area contributed by atoms with E-state index in [0.717, 1.165) is 11.1 Å². The first-order chi connectivity index (χ1) is 35.0. The summed E-state index contributed by atoms with van der Waals surface area (Å²) in [7, 11) is 5.90. The van der Waals surface area contributed by atoms with E-state index < -0.39 is 100 Å². The lowest BCUT2D eigenvalue weighted by Gasteiger charge is -2.41. The second-order valence-corrected chi connectivity index (χ2v) is 22.3. The van der Waals surface area contributed by atoms with Crippen LogP contribution in [-0.4, -0.2) is 161 Å². The van der Waals surface area contributed by atoms with Crippen LogP contribution in [0.5, 0.6) is 5.75 Å². The van der Waals surface area contributed by atoms with E-state index in [1.54, 1.807) is 45.2 Å². The Morgan fingerprint density at radius 1 is 1.00 bits per heavy atom. The average Bonchev–Trinajstić information content (AvgIpc) is 3.87. The minimum Gasteiger partial charge on any atom is -0.495 e. The summed E-state index contributed by atoms with van der Waals surface area (Å²) < 4.78 is 29.6. The van der Waals surface area contributed by atoms with Gasteiger partial charge in [0.15, 0.2) is 0 Å². The van der Waals surface area contributed by atoms with Crippen LogP contribution in [0.3, 0.4) is 0 Å².